The SMILES string of the molecule is CCN(CC)c1ccc(C2NC(=O)NC(C)=C2C(=O)OCC(F)(F)C(F)(F)F)cc1. The number of allylic oxidation sites excluding steroid dienone is 1. The standard InChI is InChI=1S/C19H22F5N3O3/c1-4-27(5-2)13-8-6-12(7-9-13)15-14(11(3)25-17(29)26-15)16(28)30-10-18(20,21)19(22,23)24/h6-9,15H,4-5,10H2,1-3H3,(H2,25,26,29). The van der Waals surface area contributed by atoms with Crippen molar-refractivity contribution in [2.24, 2.45) is 0 Å². The smallest absolute Gasteiger partial charge is 0.455 e. The minimum absolute atomic E-state index is 0.00288. The molecule has 0 saturated carbocycles. The summed E-state index contributed by atoms with van der Waals surface area (Å²) in [5, 5.41) is 4.76. The Labute approximate surface area is 170 Å². The maximum atomic E-state index is 13.1. The molecule has 2 rings (SSSR count). The second-order valence-corrected chi connectivity index (χ2v) is 6.61. The summed E-state index contributed by atoms with van der Waals surface area (Å²) in [4.78, 5) is 26.3. The summed E-state index contributed by atoms with van der Waals surface area (Å²) in [5.41, 5.74) is 1.06. The minimum atomic E-state index is -5.85. The molecule has 1 atom stereocenters. The van der Waals surface area contributed by atoms with Crippen LogP contribution in [0, 0.1) is 0 Å². The van der Waals surface area contributed by atoms with Gasteiger partial charge in [-0.2, -0.15) is 22.0 Å². The fourth-order valence-corrected chi connectivity index (χ4v) is 3.00. The van der Waals surface area contributed by atoms with Crippen LogP contribution in [-0.4, -0.2) is 43.8 Å². The van der Waals surface area contributed by atoms with Gasteiger partial charge in [-0.3, -0.25) is 0 Å². The van der Waals surface area contributed by atoms with Crippen LogP contribution in [0.5, 0.6) is 0 Å². The van der Waals surface area contributed by atoms with Crippen LogP contribution in [0.25, 0.3) is 0 Å². The highest BCUT2D eigenvalue weighted by atomic mass is 19.4. The number of hydrogen-bond donors (Lipinski definition) is 2. The Hall–Kier alpha value is -2.85. The summed E-state index contributed by atoms with van der Waals surface area (Å²) in [6, 6.07) is 5.06. The summed E-state index contributed by atoms with van der Waals surface area (Å²) in [5.74, 6) is -6.58. The summed E-state index contributed by atoms with van der Waals surface area (Å²) < 4.78 is 67.5. The Kier molecular flexibility index (Phi) is 6.94. The van der Waals surface area contributed by atoms with E-state index in [1.54, 1.807) is 24.3 Å². The number of esters is 1. The molecule has 0 spiro atoms. The summed E-state index contributed by atoms with van der Waals surface area (Å²) in [7, 11) is 0. The van der Waals surface area contributed by atoms with Gasteiger partial charge in [-0.15, -0.1) is 0 Å². The molecule has 0 aromatic heterocycles. The molecule has 11 heteroatoms. The van der Waals surface area contributed by atoms with Gasteiger partial charge in [0.2, 0.25) is 0 Å². The molecule has 2 N–H and O–H groups in total. The number of nitrogens with zero attached hydrogens (tertiary/aromatic N) is 1. The molecule has 0 radical (unpaired) electrons. The van der Waals surface area contributed by atoms with Crippen LogP contribution in [0.2, 0.25) is 0 Å². The molecule has 2 amide bonds. The first-order valence-electron chi connectivity index (χ1n) is 9.16. The van der Waals surface area contributed by atoms with Crippen molar-refractivity contribution in [2.75, 3.05) is 24.6 Å². The number of rotatable bonds is 7. The largest absolute Gasteiger partial charge is 0.456 e. The van der Waals surface area contributed by atoms with Crippen molar-refractivity contribution in [1.29, 1.82) is 0 Å². The Balaban J connectivity index is 2.29. The Morgan fingerprint density at radius 2 is 1.67 bits per heavy atom. The van der Waals surface area contributed by atoms with Gasteiger partial charge in [0.1, 0.15) is 0 Å². The first-order chi connectivity index (χ1) is 13.9. The maximum Gasteiger partial charge on any atom is 0.456 e. The summed E-state index contributed by atoms with van der Waals surface area (Å²) in [6.07, 6.45) is -5.85. The van der Waals surface area contributed by atoms with Crippen LogP contribution < -0.4 is 15.5 Å². The molecule has 1 aliphatic heterocycles. The predicted molar refractivity (Wildman–Crippen MR) is 99.1 cm³/mol. The van der Waals surface area contributed by atoms with E-state index < -0.39 is 36.7 Å². The number of ether oxygens (including phenoxy) is 1. The molecule has 1 unspecified atom stereocenters. The highest BCUT2D eigenvalue weighted by Crippen LogP contribution is 2.36. The van der Waals surface area contributed by atoms with Gasteiger partial charge in [0.05, 0.1) is 11.6 Å². The number of carbonyl (C=O) groups excluding carboxylic acids is 2. The van der Waals surface area contributed by atoms with E-state index in [1.165, 1.54) is 6.92 Å². The van der Waals surface area contributed by atoms with Crippen LogP contribution >= 0.6 is 0 Å². The van der Waals surface area contributed by atoms with Gasteiger partial charge in [-0.1, -0.05) is 12.1 Å². The Morgan fingerprint density at radius 1 is 1.10 bits per heavy atom. The zero-order chi connectivity index (χ0) is 22.7. The lowest BCUT2D eigenvalue weighted by Gasteiger charge is -2.29. The van der Waals surface area contributed by atoms with Gasteiger partial charge in [0, 0.05) is 24.5 Å². The fourth-order valence-electron chi connectivity index (χ4n) is 3.00. The van der Waals surface area contributed by atoms with Gasteiger partial charge < -0.3 is 20.3 Å². The zero-order valence-electron chi connectivity index (χ0n) is 16.6. The first kappa shape index (κ1) is 23.4. The summed E-state index contributed by atoms with van der Waals surface area (Å²) >= 11 is 0. The van der Waals surface area contributed by atoms with Crippen molar-refractivity contribution < 1.29 is 36.3 Å². The number of halogens is 5. The van der Waals surface area contributed by atoms with E-state index in [0.717, 1.165) is 18.8 Å². The van der Waals surface area contributed by atoms with Gasteiger partial charge in [0.15, 0.2) is 6.61 Å². The number of anilines is 1. The van der Waals surface area contributed by atoms with Crippen LogP contribution in [-0.2, 0) is 9.53 Å². The number of hydrogen-bond acceptors (Lipinski definition) is 4. The second kappa shape index (κ2) is 8.88. The molecule has 0 aliphatic carbocycles. The zero-order valence-corrected chi connectivity index (χ0v) is 16.6. The third-order valence-electron chi connectivity index (χ3n) is 4.64. The van der Waals surface area contributed by atoms with E-state index in [1.807, 2.05) is 13.8 Å². The van der Waals surface area contributed by atoms with E-state index in [2.05, 4.69) is 20.3 Å². The molecule has 0 bridgehead atoms. The lowest BCUT2D eigenvalue weighted by molar-refractivity contribution is -0.293. The van der Waals surface area contributed by atoms with Gasteiger partial charge >= 0.3 is 24.1 Å². The van der Waals surface area contributed by atoms with Crippen LogP contribution in [0.1, 0.15) is 32.4 Å². The Bertz CT molecular complexity index is 818. The fraction of sp³-hybridized carbons (Fsp3) is 0.474. The molecule has 1 aromatic carbocycles. The van der Waals surface area contributed by atoms with E-state index in [0.29, 0.717) is 5.56 Å². The third kappa shape index (κ3) is 5.00. The average Bonchev–Trinajstić information content (AvgIpc) is 2.66. The van der Waals surface area contributed by atoms with Gasteiger partial charge in [-0.05, 0) is 38.5 Å². The average molecular weight is 435 g/mol. The summed E-state index contributed by atoms with van der Waals surface area (Å²) in [6.45, 7) is 4.62. The second-order valence-electron chi connectivity index (χ2n) is 6.61. The number of amides is 2. The van der Waals surface area contributed by atoms with E-state index in [4.69, 9.17) is 0 Å². The van der Waals surface area contributed by atoms with Crippen molar-refractivity contribution in [1.82, 2.24) is 10.6 Å². The molecule has 0 saturated heterocycles. The number of nitrogens with one attached hydrogen (secondary N) is 2. The number of carbonyl (C=O) groups is 2. The maximum absolute atomic E-state index is 13.1. The molecule has 1 aliphatic rings. The van der Waals surface area contributed by atoms with E-state index >= 15 is 0 Å². The van der Waals surface area contributed by atoms with Gasteiger partial charge in [-0.25, -0.2) is 9.59 Å². The molecule has 30 heavy (non-hydrogen) atoms. The van der Waals surface area contributed by atoms with Crippen molar-refractivity contribution in [2.45, 2.75) is 38.9 Å². The number of benzene rings is 1. The molecular weight excluding hydrogens is 413 g/mol. The topological polar surface area (TPSA) is 70.7 Å². The molecule has 166 valence electrons. The Morgan fingerprint density at radius 3 is 2.17 bits per heavy atom. The molecule has 1 heterocycles. The quantitative estimate of drug-likeness (QED) is 0.504. The minimum Gasteiger partial charge on any atom is -0.455 e. The normalized spacial score (nSPS) is 17.3. The predicted octanol–water partition coefficient (Wildman–Crippen LogP) is 3.90. The van der Waals surface area contributed by atoms with Gasteiger partial charge in [0.25, 0.3) is 0 Å². The molecule has 0 fully saturated rings. The highest BCUT2D eigenvalue weighted by Gasteiger charge is 2.58. The molecule has 1 aromatic rings. The van der Waals surface area contributed by atoms with Crippen molar-refractivity contribution in [3.63, 3.8) is 0 Å². The third-order valence-corrected chi connectivity index (χ3v) is 4.64. The first-order valence-corrected chi connectivity index (χ1v) is 9.16. The monoisotopic (exact) mass is 435 g/mol. The lowest BCUT2D eigenvalue weighted by atomic mass is 9.95. The van der Waals surface area contributed by atoms with E-state index in [9.17, 15) is 31.5 Å². The number of urea groups is 1. The van der Waals surface area contributed by atoms with Crippen LogP contribution in [0.15, 0.2) is 35.5 Å². The number of alkyl halides is 5. The lowest BCUT2D eigenvalue weighted by Crippen LogP contribution is -2.46. The molecular formula is C19H22F5N3O3. The van der Waals surface area contributed by atoms with Crippen LogP contribution in [0.4, 0.5) is 32.4 Å². The van der Waals surface area contributed by atoms with Crippen molar-refractivity contribution in [3.05, 3.63) is 41.1 Å². The highest BCUT2D eigenvalue weighted by molar-refractivity contribution is 5.95. The van der Waals surface area contributed by atoms with Crippen molar-refractivity contribution in [3.8, 4) is 0 Å². The van der Waals surface area contributed by atoms with Crippen LogP contribution in [0.3, 0.4) is 0 Å². The van der Waals surface area contributed by atoms with Crippen molar-refractivity contribution >= 4 is 17.7 Å². The molecule has 6 nitrogen and oxygen atoms in total. The van der Waals surface area contributed by atoms with E-state index in [-0.39, 0.29) is 11.3 Å².